The highest BCUT2D eigenvalue weighted by molar-refractivity contribution is 4.70. The minimum absolute atomic E-state index is 0.556. The van der Waals surface area contributed by atoms with Crippen molar-refractivity contribution in [3.63, 3.8) is 0 Å². The monoisotopic (exact) mass is 188 g/mol. The van der Waals surface area contributed by atoms with Gasteiger partial charge in [0.1, 0.15) is 0 Å². The molecule has 0 radical (unpaired) electrons. The Morgan fingerprint density at radius 2 is 1.92 bits per heavy atom. The predicted octanol–water partition coefficient (Wildman–Crippen LogP) is 1.08. The zero-order valence-electron chi connectivity index (χ0n) is 9.42. The van der Waals surface area contributed by atoms with Crippen molar-refractivity contribution in [1.82, 2.24) is 4.90 Å². The summed E-state index contributed by atoms with van der Waals surface area (Å²) in [5, 5.41) is 0. The SMILES string of the molecule is COCCN(C(C)C)C(C)CCN. The van der Waals surface area contributed by atoms with E-state index in [0.717, 1.165) is 26.1 Å². The molecule has 0 saturated heterocycles. The number of ether oxygens (including phenoxy) is 1. The van der Waals surface area contributed by atoms with E-state index in [-0.39, 0.29) is 0 Å². The molecule has 1 unspecified atom stereocenters. The molecule has 0 aromatic heterocycles. The summed E-state index contributed by atoms with van der Waals surface area (Å²) in [6.45, 7) is 9.20. The van der Waals surface area contributed by atoms with Crippen molar-refractivity contribution in [3.8, 4) is 0 Å². The standard InChI is InChI=1S/C10H24N2O/c1-9(2)12(7-8-13-4)10(3)5-6-11/h9-10H,5-8,11H2,1-4H3. The van der Waals surface area contributed by atoms with E-state index in [1.54, 1.807) is 7.11 Å². The van der Waals surface area contributed by atoms with Crippen LogP contribution in [0, 0.1) is 0 Å². The lowest BCUT2D eigenvalue weighted by molar-refractivity contribution is 0.0992. The average Bonchev–Trinajstić information content (AvgIpc) is 2.05. The maximum absolute atomic E-state index is 5.54. The van der Waals surface area contributed by atoms with Gasteiger partial charge in [0.15, 0.2) is 0 Å². The molecule has 0 saturated carbocycles. The van der Waals surface area contributed by atoms with E-state index < -0.39 is 0 Å². The van der Waals surface area contributed by atoms with Crippen molar-refractivity contribution < 1.29 is 4.74 Å². The van der Waals surface area contributed by atoms with Crippen LogP contribution in [0.25, 0.3) is 0 Å². The molecule has 0 aromatic rings. The lowest BCUT2D eigenvalue weighted by Gasteiger charge is -2.32. The molecule has 0 spiro atoms. The third kappa shape index (κ3) is 5.24. The van der Waals surface area contributed by atoms with Crippen LogP contribution in [0.5, 0.6) is 0 Å². The average molecular weight is 188 g/mol. The molecule has 1 atom stereocenters. The summed E-state index contributed by atoms with van der Waals surface area (Å²) in [7, 11) is 1.74. The normalized spacial score (nSPS) is 14.1. The summed E-state index contributed by atoms with van der Waals surface area (Å²) in [6, 6.07) is 1.12. The molecule has 0 heterocycles. The molecule has 80 valence electrons. The van der Waals surface area contributed by atoms with Crippen LogP contribution in [0.3, 0.4) is 0 Å². The molecule has 13 heavy (non-hydrogen) atoms. The minimum Gasteiger partial charge on any atom is -0.383 e. The number of nitrogens with zero attached hydrogens (tertiary/aromatic N) is 1. The van der Waals surface area contributed by atoms with Crippen molar-refractivity contribution in [1.29, 1.82) is 0 Å². The maximum atomic E-state index is 5.54. The number of hydrogen-bond acceptors (Lipinski definition) is 3. The summed E-state index contributed by atoms with van der Waals surface area (Å²) in [6.07, 6.45) is 1.06. The van der Waals surface area contributed by atoms with Crippen molar-refractivity contribution in [2.45, 2.75) is 39.3 Å². The Morgan fingerprint density at radius 1 is 1.31 bits per heavy atom. The first-order chi connectivity index (χ1) is 6.13. The largest absolute Gasteiger partial charge is 0.383 e. The van der Waals surface area contributed by atoms with Crippen LogP contribution in [-0.4, -0.2) is 43.8 Å². The van der Waals surface area contributed by atoms with Crippen molar-refractivity contribution >= 4 is 0 Å². The predicted molar refractivity (Wildman–Crippen MR) is 56.9 cm³/mol. The number of rotatable bonds is 7. The molecule has 2 N–H and O–H groups in total. The molecule has 0 aliphatic carbocycles. The van der Waals surface area contributed by atoms with E-state index in [1.165, 1.54) is 0 Å². The molecular weight excluding hydrogens is 164 g/mol. The van der Waals surface area contributed by atoms with Crippen molar-refractivity contribution in [2.24, 2.45) is 5.73 Å². The van der Waals surface area contributed by atoms with Gasteiger partial charge in [0.05, 0.1) is 6.61 Å². The third-order valence-corrected chi connectivity index (χ3v) is 2.37. The maximum Gasteiger partial charge on any atom is 0.0589 e. The second-order valence-electron chi connectivity index (χ2n) is 3.75. The first kappa shape index (κ1) is 12.9. The smallest absolute Gasteiger partial charge is 0.0589 e. The van der Waals surface area contributed by atoms with Crippen LogP contribution in [0.1, 0.15) is 27.2 Å². The number of hydrogen-bond donors (Lipinski definition) is 1. The van der Waals surface area contributed by atoms with Gasteiger partial charge >= 0.3 is 0 Å². The van der Waals surface area contributed by atoms with E-state index >= 15 is 0 Å². The topological polar surface area (TPSA) is 38.5 Å². The Hall–Kier alpha value is -0.120. The Bertz CT molecular complexity index is 117. The van der Waals surface area contributed by atoms with Crippen LogP contribution in [0.4, 0.5) is 0 Å². The van der Waals surface area contributed by atoms with E-state index in [9.17, 15) is 0 Å². The molecule has 3 nitrogen and oxygen atoms in total. The second-order valence-corrected chi connectivity index (χ2v) is 3.75. The molecule has 0 aliphatic heterocycles. The summed E-state index contributed by atoms with van der Waals surface area (Å²) in [4.78, 5) is 2.43. The molecule has 3 heteroatoms. The third-order valence-electron chi connectivity index (χ3n) is 2.37. The molecular formula is C10H24N2O. The van der Waals surface area contributed by atoms with Gasteiger partial charge < -0.3 is 10.5 Å². The molecule has 0 bridgehead atoms. The highest BCUT2D eigenvalue weighted by Crippen LogP contribution is 2.07. The lowest BCUT2D eigenvalue weighted by Crippen LogP contribution is -2.41. The van der Waals surface area contributed by atoms with E-state index in [4.69, 9.17) is 10.5 Å². The fourth-order valence-electron chi connectivity index (χ4n) is 1.59. The first-order valence-electron chi connectivity index (χ1n) is 5.08. The molecule has 0 aromatic carbocycles. The van der Waals surface area contributed by atoms with Gasteiger partial charge in [0.2, 0.25) is 0 Å². The van der Waals surface area contributed by atoms with Crippen LogP contribution in [0.15, 0.2) is 0 Å². The number of methoxy groups -OCH3 is 1. The Balaban J connectivity index is 3.91. The van der Waals surface area contributed by atoms with E-state index in [0.29, 0.717) is 12.1 Å². The number of nitrogens with two attached hydrogens (primary N) is 1. The van der Waals surface area contributed by atoms with Gasteiger partial charge in [0, 0.05) is 25.7 Å². The fourth-order valence-corrected chi connectivity index (χ4v) is 1.59. The highest BCUT2D eigenvalue weighted by atomic mass is 16.5. The molecule has 0 amide bonds. The van der Waals surface area contributed by atoms with E-state index in [1.807, 2.05) is 0 Å². The van der Waals surface area contributed by atoms with Gasteiger partial charge in [-0.3, -0.25) is 4.90 Å². The Kier molecular flexibility index (Phi) is 7.23. The van der Waals surface area contributed by atoms with Crippen LogP contribution < -0.4 is 5.73 Å². The Labute approximate surface area is 82.2 Å². The quantitative estimate of drug-likeness (QED) is 0.650. The van der Waals surface area contributed by atoms with Crippen LogP contribution in [0.2, 0.25) is 0 Å². The zero-order valence-corrected chi connectivity index (χ0v) is 9.42. The van der Waals surface area contributed by atoms with Gasteiger partial charge in [-0.2, -0.15) is 0 Å². The van der Waals surface area contributed by atoms with Gasteiger partial charge in [-0.05, 0) is 33.7 Å². The van der Waals surface area contributed by atoms with Gasteiger partial charge in [-0.25, -0.2) is 0 Å². The Morgan fingerprint density at radius 3 is 2.31 bits per heavy atom. The first-order valence-corrected chi connectivity index (χ1v) is 5.08. The van der Waals surface area contributed by atoms with Gasteiger partial charge in [0.25, 0.3) is 0 Å². The summed E-state index contributed by atoms with van der Waals surface area (Å²) >= 11 is 0. The molecule has 0 fully saturated rings. The minimum atomic E-state index is 0.556. The summed E-state index contributed by atoms with van der Waals surface area (Å²) in [5.74, 6) is 0. The van der Waals surface area contributed by atoms with E-state index in [2.05, 4.69) is 25.7 Å². The van der Waals surface area contributed by atoms with Crippen molar-refractivity contribution in [2.75, 3.05) is 26.8 Å². The molecule has 0 rings (SSSR count). The zero-order chi connectivity index (χ0) is 10.3. The highest BCUT2D eigenvalue weighted by Gasteiger charge is 2.15. The second kappa shape index (κ2) is 7.30. The van der Waals surface area contributed by atoms with Crippen LogP contribution >= 0.6 is 0 Å². The van der Waals surface area contributed by atoms with Gasteiger partial charge in [-0.15, -0.1) is 0 Å². The lowest BCUT2D eigenvalue weighted by atomic mass is 10.1. The fraction of sp³-hybridized carbons (Fsp3) is 1.00. The summed E-state index contributed by atoms with van der Waals surface area (Å²) < 4.78 is 5.08. The van der Waals surface area contributed by atoms with Gasteiger partial charge in [-0.1, -0.05) is 0 Å². The summed E-state index contributed by atoms with van der Waals surface area (Å²) in [5.41, 5.74) is 5.54. The van der Waals surface area contributed by atoms with Crippen LogP contribution in [-0.2, 0) is 4.74 Å². The van der Waals surface area contributed by atoms with Crippen molar-refractivity contribution in [3.05, 3.63) is 0 Å². The molecule has 0 aliphatic rings.